The van der Waals surface area contributed by atoms with Crippen LogP contribution in [0.1, 0.15) is 11.1 Å². The van der Waals surface area contributed by atoms with E-state index in [1.165, 1.54) is 24.3 Å². The molecule has 3 nitrogen and oxygen atoms in total. The Morgan fingerprint density at radius 3 is 2.19 bits per heavy atom. The molecule has 2 rings (SSSR count). The van der Waals surface area contributed by atoms with E-state index in [1.807, 2.05) is 0 Å². The van der Waals surface area contributed by atoms with E-state index in [0.29, 0.717) is 18.5 Å². The molecule has 0 atom stereocenters. The molecule has 0 radical (unpaired) electrons. The fourth-order valence-corrected chi connectivity index (χ4v) is 1.90. The first-order chi connectivity index (χ1) is 10.1. The zero-order valence-electron chi connectivity index (χ0n) is 11.4. The lowest BCUT2D eigenvalue weighted by Gasteiger charge is -2.08. The number of rotatable bonds is 5. The highest BCUT2D eigenvalue weighted by Gasteiger charge is 2.01. The Balaban J connectivity index is 1.70. The number of nitrogens with one attached hydrogen (secondary N) is 2. The number of carbonyl (C=O) groups excluding carboxylic acids is 1. The summed E-state index contributed by atoms with van der Waals surface area (Å²) in [6, 6.07) is 12.0. The van der Waals surface area contributed by atoms with Gasteiger partial charge in [0.2, 0.25) is 0 Å². The number of amides is 2. The van der Waals surface area contributed by atoms with E-state index in [0.717, 1.165) is 5.56 Å². The van der Waals surface area contributed by atoms with Crippen LogP contribution in [-0.2, 0) is 13.0 Å². The lowest BCUT2D eigenvalue weighted by molar-refractivity contribution is 0.240. The van der Waals surface area contributed by atoms with Gasteiger partial charge in [-0.25, -0.2) is 13.6 Å². The Morgan fingerprint density at radius 2 is 1.52 bits per heavy atom. The third-order valence-corrected chi connectivity index (χ3v) is 2.93. The van der Waals surface area contributed by atoms with E-state index < -0.39 is 0 Å². The SMILES string of the molecule is O=C(NCCc1cccc(F)c1)NCc1cccc(F)c1. The average Bonchev–Trinajstić information content (AvgIpc) is 2.45. The minimum absolute atomic E-state index is 0.254. The van der Waals surface area contributed by atoms with Crippen LogP contribution in [0, 0.1) is 11.6 Å². The van der Waals surface area contributed by atoms with Crippen molar-refractivity contribution in [1.82, 2.24) is 10.6 Å². The maximum atomic E-state index is 13.0. The summed E-state index contributed by atoms with van der Waals surface area (Å²) in [6.07, 6.45) is 0.547. The molecule has 2 aromatic rings. The van der Waals surface area contributed by atoms with Crippen molar-refractivity contribution in [2.24, 2.45) is 0 Å². The van der Waals surface area contributed by atoms with Crippen LogP contribution in [0.4, 0.5) is 13.6 Å². The van der Waals surface area contributed by atoms with Crippen molar-refractivity contribution in [3.63, 3.8) is 0 Å². The van der Waals surface area contributed by atoms with Crippen molar-refractivity contribution in [2.45, 2.75) is 13.0 Å². The summed E-state index contributed by atoms with van der Waals surface area (Å²) < 4.78 is 25.9. The third-order valence-electron chi connectivity index (χ3n) is 2.93. The number of carbonyl (C=O) groups is 1. The van der Waals surface area contributed by atoms with Gasteiger partial charge < -0.3 is 10.6 Å². The van der Waals surface area contributed by atoms with E-state index >= 15 is 0 Å². The maximum absolute atomic E-state index is 13.0. The molecule has 0 saturated carbocycles. The van der Waals surface area contributed by atoms with Gasteiger partial charge in [0.15, 0.2) is 0 Å². The molecule has 0 aliphatic carbocycles. The summed E-state index contributed by atoms with van der Waals surface area (Å²) in [5.41, 5.74) is 1.51. The van der Waals surface area contributed by atoms with E-state index in [1.54, 1.807) is 24.3 Å². The van der Waals surface area contributed by atoms with E-state index in [-0.39, 0.29) is 24.2 Å². The number of halogens is 2. The van der Waals surface area contributed by atoms with Gasteiger partial charge in [-0.05, 0) is 41.8 Å². The standard InChI is InChI=1S/C16H16F2N2O/c17-14-5-1-3-12(9-14)7-8-19-16(21)20-11-13-4-2-6-15(18)10-13/h1-6,9-10H,7-8,11H2,(H2,19,20,21). The quantitative estimate of drug-likeness (QED) is 0.873. The molecule has 0 fully saturated rings. The molecular weight excluding hydrogens is 274 g/mol. The van der Waals surface area contributed by atoms with Crippen LogP contribution in [0.3, 0.4) is 0 Å². The summed E-state index contributed by atoms with van der Waals surface area (Å²) in [5.74, 6) is -0.621. The molecule has 0 aliphatic heterocycles. The van der Waals surface area contributed by atoms with Crippen LogP contribution in [0.25, 0.3) is 0 Å². The first-order valence-electron chi connectivity index (χ1n) is 6.64. The summed E-state index contributed by atoms with van der Waals surface area (Å²) in [5, 5.41) is 5.30. The van der Waals surface area contributed by atoms with Gasteiger partial charge in [-0.2, -0.15) is 0 Å². The molecule has 0 aromatic heterocycles. The molecule has 2 N–H and O–H groups in total. The normalized spacial score (nSPS) is 10.2. The number of urea groups is 1. The molecule has 0 saturated heterocycles. The fourth-order valence-electron chi connectivity index (χ4n) is 1.90. The molecular formula is C16H16F2N2O. The number of hydrogen-bond acceptors (Lipinski definition) is 1. The Hall–Kier alpha value is -2.43. The van der Waals surface area contributed by atoms with Gasteiger partial charge in [-0.1, -0.05) is 24.3 Å². The van der Waals surface area contributed by atoms with Crippen LogP contribution in [0.15, 0.2) is 48.5 Å². The molecule has 2 aromatic carbocycles. The molecule has 0 unspecified atom stereocenters. The molecule has 110 valence electrons. The molecule has 0 spiro atoms. The summed E-state index contributed by atoms with van der Waals surface area (Å²) in [7, 11) is 0. The van der Waals surface area contributed by atoms with Crippen molar-refractivity contribution in [2.75, 3.05) is 6.54 Å². The monoisotopic (exact) mass is 290 g/mol. The van der Waals surface area contributed by atoms with Gasteiger partial charge in [-0.3, -0.25) is 0 Å². The Labute approximate surface area is 122 Å². The topological polar surface area (TPSA) is 41.1 Å². The van der Waals surface area contributed by atoms with Gasteiger partial charge in [0, 0.05) is 13.1 Å². The molecule has 2 amide bonds. The van der Waals surface area contributed by atoms with Crippen LogP contribution >= 0.6 is 0 Å². The molecule has 0 aliphatic rings. The van der Waals surface area contributed by atoms with E-state index in [9.17, 15) is 13.6 Å². The largest absolute Gasteiger partial charge is 0.338 e. The van der Waals surface area contributed by atoms with Gasteiger partial charge in [0.25, 0.3) is 0 Å². The van der Waals surface area contributed by atoms with Crippen molar-refractivity contribution in [1.29, 1.82) is 0 Å². The Kier molecular flexibility index (Phi) is 5.26. The Morgan fingerprint density at radius 1 is 0.905 bits per heavy atom. The second-order valence-corrected chi connectivity index (χ2v) is 4.62. The zero-order valence-corrected chi connectivity index (χ0v) is 11.4. The van der Waals surface area contributed by atoms with Crippen molar-refractivity contribution < 1.29 is 13.6 Å². The molecule has 21 heavy (non-hydrogen) atoms. The fraction of sp³-hybridized carbons (Fsp3) is 0.188. The highest BCUT2D eigenvalue weighted by Crippen LogP contribution is 2.04. The number of benzene rings is 2. The van der Waals surface area contributed by atoms with Crippen molar-refractivity contribution >= 4 is 6.03 Å². The predicted octanol–water partition coefficient (Wildman–Crippen LogP) is 3.01. The maximum Gasteiger partial charge on any atom is 0.315 e. The summed E-state index contributed by atoms with van der Waals surface area (Å²) in [4.78, 5) is 11.6. The van der Waals surface area contributed by atoms with Crippen LogP contribution in [-0.4, -0.2) is 12.6 Å². The smallest absolute Gasteiger partial charge is 0.315 e. The minimum Gasteiger partial charge on any atom is -0.338 e. The molecule has 0 bridgehead atoms. The predicted molar refractivity (Wildman–Crippen MR) is 76.7 cm³/mol. The van der Waals surface area contributed by atoms with Gasteiger partial charge in [0.1, 0.15) is 11.6 Å². The third kappa shape index (κ3) is 5.22. The van der Waals surface area contributed by atoms with Crippen LogP contribution in [0.5, 0.6) is 0 Å². The van der Waals surface area contributed by atoms with Gasteiger partial charge in [0.05, 0.1) is 0 Å². The first-order valence-corrected chi connectivity index (χ1v) is 6.64. The van der Waals surface area contributed by atoms with Gasteiger partial charge >= 0.3 is 6.03 Å². The summed E-state index contributed by atoms with van der Waals surface area (Å²) >= 11 is 0. The zero-order chi connectivity index (χ0) is 15.1. The first kappa shape index (κ1) is 15.0. The molecule has 5 heteroatoms. The lowest BCUT2D eigenvalue weighted by Crippen LogP contribution is -2.36. The lowest BCUT2D eigenvalue weighted by atomic mass is 10.1. The van der Waals surface area contributed by atoms with E-state index in [4.69, 9.17) is 0 Å². The van der Waals surface area contributed by atoms with Crippen molar-refractivity contribution in [3.8, 4) is 0 Å². The highest BCUT2D eigenvalue weighted by molar-refractivity contribution is 5.73. The van der Waals surface area contributed by atoms with Gasteiger partial charge in [-0.15, -0.1) is 0 Å². The second-order valence-electron chi connectivity index (χ2n) is 4.62. The minimum atomic E-state index is -0.337. The highest BCUT2D eigenvalue weighted by atomic mass is 19.1. The van der Waals surface area contributed by atoms with Crippen LogP contribution < -0.4 is 10.6 Å². The Bertz CT molecular complexity index is 617. The number of hydrogen-bond donors (Lipinski definition) is 2. The van der Waals surface area contributed by atoms with Crippen LogP contribution in [0.2, 0.25) is 0 Å². The summed E-state index contributed by atoms with van der Waals surface area (Å²) in [6.45, 7) is 0.655. The molecule has 0 heterocycles. The average molecular weight is 290 g/mol. The van der Waals surface area contributed by atoms with Crippen molar-refractivity contribution in [3.05, 3.63) is 71.3 Å². The second kappa shape index (κ2) is 7.38. The van der Waals surface area contributed by atoms with E-state index in [2.05, 4.69) is 10.6 Å².